The minimum absolute atomic E-state index is 0.102. The van der Waals surface area contributed by atoms with E-state index in [4.69, 9.17) is 4.74 Å². The van der Waals surface area contributed by atoms with Gasteiger partial charge in [-0.25, -0.2) is 4.39 Å². The molecule has 1 aromatic heterocycles. The first-order valence-corrected chi connectivity index (χ1v) is 8.07. The van der Waals surface area contributed by atoms with Gasteiger partial charge in [0.15, 0.2) is 5.69 Å². The molecule has 0 radical (unpaired) electrons. The van der Waals surface area contributed by atoms with Crippen LogP contribution in [-0.2, 0) is 13.2 Å². The third kappa shape index (κ3) is 3.97. The highest BCUT2D eigenvalue weighted by molar-refractivity contribution is 5.92. The molecule has 26 heavy (non-hydrogen) atoms. The van der Waals surface area contributed by atoms with Crippen molar-refractivity contribution in [2.24, 2.45) is 7.05 Å². The summed E-state index contributed by atoms with van der Waals surface area (Å²) in [6, 6.07) is 6.43. The second kappa shape index (κ2) is 6.97. The third-order valence-corrected chi connectivity index (χ3v) is 4.23. The first kappa shape index (κ1) is 18.2. The van der Waals surface area contributed by atoms with Gasteiger partial charge < -0.3 is 9.64 Å². The first-order chi connectivity index (χ1) is 12.2. The van der Waals surface area contributed by atoms with Crippen molar-refractivity contribution >= 4 is 5.91 Å². The number of alkyl halides is 3. The zero-order valence-corrected chi connectivity index (χ0v) is 14.0. The predicted octanol–water partition coefficient (Wildman–Crippen LogP) is 3.26. The number of rotatable bonds is 3. The van der Waals surface area contributed by atoms with Crippen molar-refractivity contribution in [2.75, 3.05) is 13.1 Å². The van der Waals surface area contributed by atoms with Crippen LogP contribution >= 0.6 is 0 Å². The van der Waals surface area contributed by atoms with Crippen LogP contribution in [0.3, 0.4) is 0 Å². The molecule has 0 N–H and O–H groups in total. The lowest BCUT2D eigenvalue weighted by Crippen LogP contribution is -2.42. The fourth-order valence-corrected chi connectivity index (χ4v) is 2.85. The third-order valence-electron chi connectivity index (χ3n) is 4.23. The summed E-state index contributed by atoms with van der Waals surface area (Å²) in [6.07, 6.45) is -3.66. The summed E-state index contributed by atoms with van der Waals surface area (Å²) in [6.45, 7) is 0.717. The van der Waals surface area contributed by atoms with E-state index >= 15 is 0 Å². The molecule has 3 rings (SSSR count). The fourth-order valence-electron chi connectivity index (χ4n) is 2.85. The van der Waals surface area contributed by atoms with Gasteiger partial charge in [-0.15, -0.1) is 0 Å². The van der Waals surface area contributed by atoms with Crippen molar-refractivity contribution in [3.05, 3.63) is 47.5 Å². The predicted molar refractivity (Wildman–Crippen MR) is 84.2 cm³/mol. The van der Waals surface area contributed by atoms with Gasteiger partial charge in [-0.1, -0.05) is 0 Å². The maximum atomic E-state index is 12.9. The number of nitrogens with zero attached hydrogens (tertiary/aromatic N) is 3. The molecule has 140 valence electrons. The number of benzene rings is 1. The average Bonchev–Trinajstić information content (AvgIpc) is 2.99. The Labute approximate surface area is 147 Å². The number of aromatic nitrogens is 2. The number of hydrogen-bond acceptors (Lipinski definition) is 3. The normalized spacial score (nSPS) is 16.0. The molecule has 0 unspecified atom stereocenters. The maximum Gasteiger partial charge on any atom is 0.435 e. The van der Waals surface area contributed by atoms with Gasteiger partial charge in [-0.05, 0) is 24.3 Å². The van der Waals surface area contributed by atoms with Crippen LogP contribution in [0, 0.1) is 5.82 Å². The molecule has 9 heteroatoms. The highest BCUT2D eigenvalue weighted by Gasteiger charge is 2.36. The quantitative estimate of drug-likeness (QED) is 0.778. The van der Waals surface area contributed by atoms with Crippen molar-refractivity contribution in [2.45, 2.75) is 25.1 Å². The number of carbonyl (C=O) groups excluding carboxylic acids is 1. The van der Waals surface area contributed by atoms with Gasteiger partial charge in [-0.2, -0.15) is 18.3 Å². The Morgan fingerprint density at radius 2 is 1.81 bits per heavy atom. The summed E-state index contributed by atoms with van der Waals surface area (Å²) in [4.78, 5) is 14.0. The van der Waals surface area contributed by atoms with Crippen molar-refractivity contribution in [1.82, 2.24) is 14.7 Å². The van der Waals surface area contributed by atoms with Crippen LogP contribution < -0.4 is 4.74 Å². The maximum absolute atomic E-state index is 12.9. The lowest BCUT2D eigenvalue weighted by Gasteiger charge is -2.32. The minimum Gasteiger partial charge on any atom is -0.490 e. The topological polar surface area (TPSA) is 47.4 Å². The Morgan fingerprint density at radius 1 is 1.19 bits per heavy atom. The van der Waals surface area contributed by atoms with Crippen LogP contribution in [0.2, 0.25) is 0 Å². The molecule has 1 saturated heterocycles. The van der Waals surface area contributed by atoms with E-state index in [9.17, 15) is 22.4 Å². The van der Waals surface area contributed by atoms with E-state index in [1.165, 1.54) is 36.2 Å². The van der Waals surface area contributed by atoms with E-state index in [0.29, 0.717) is 31.7 Å². The van der Waals surface area contributed by atoms with Crippen LogP contribution in [0.15, 0.2) is 30.3 Å². The number of amides is 1. The summed E-state index contributed by atoms with van der Waals surface area (Å²) in [5, 5.41) is 3.36. The van der Waals surface area contributed by atoms with Gasteiger partial charge in [0.25, 0.3) is 5.91 Å². The van der Waals surface area contributed by atoms with Crippen molar-refractivity contribution in [3.8, 4) is 5.75 Å². The van der Waals surface area contributed by atoms with Crippen LogP contribution in [0.5, 0.6) is 5.75 Å². The van der Waals surface area contributed by atoms with Gasteiger partial charge in [0.2, 0.25) is 0 Å². The molecule has 5 nitrogen and oxygen atoms in total. The Kier molecular flexibility index (Phi) is 4.88. The van der Waals surface area contributed by atoms with E-state index in [1.54, 1.807) is 0 Å². The van der Waals surface area contributed by atoms with Crippen LogP contribution in [0.25, 0.3) is 0 Å². The molecule has 0 bridgehead atoms. The first-order valence-electron chi connectivity index (χ1n) is 8.07. The Bertz CT molecular complexity index is 778. The van der Waals surface area contributed by atoms with E-state index < -0.39 is 17.8 Å². The fraction of sp³-hybridized carbons (Fsp3) is 0.412. The molecule has 2 aromatic rings. The van der Waals surface area contributed by atoms with Crippen LogP contribution in [0.4, 0.5) is 17.6 Å². The summed E-state index contributed by atoms with van der Waals surface area (Å²) >= 11 is 0. The second-order valence-electron chi connectivity index (χ2n) is 6.10. The zero-order valence-electron chi connectivity index (χ0n) is 14.0. The van der Waals surface area contributed by atoms with E-state index in [2.05, 4.69) is 5.10 Å². The highest BCUT2D eigenvalue weighted by atomic mass is 19.4. The number of ether oxygens (including phenoxy) is 1. The second-order valence-corrected chi connectivity index (χ2v) is 6.10. The number of likely N-dealkylation sites (tertiary alicyclic amines) is 1. The number of carbonyl (C=O) groups is 1. The molecule has 1 amide bonds. The lowest BCUT2D eigenvalue weighted by molar-refractivity contribution is -0.141. The average molecular weight is 371 g/mol. The Hall–Kier alpha value is -2.58. The van der Waals surface area contributed by atoms with Gasteiger partial charge in [-0.3, -0.25) is 9.48 Å². The smallest absolute Gasteiger partial charge is 0.435 e. The van der Waals surface area contributed by atoms with Crippen molar-refractivity contribution in [3.63, 3.8) is 0 Å². The van der Waals surface area contributed by atoms with Gasteiger partial charge in [0, 0.05) is 39.0 Å². The Balaban J connectivity index is 1.60. The number of hydrogen-bond donors (Lipinski definition) is 0. The molecule has 0 atom stereocenters. The van der Waals surface area contributed by atoms with E-state index in [1.807, 2.05) is 0 Å². The largest absolute Gasteiger partial charge is 0.490 e. The molecule has 1 aliphatic heterocycles. The summed E-state index contributed by atoms with van der Waals surface area (Å²) in [5.41, 5.74) is -1.19. The molecule has 2 heterocycles. The highest BCUT2D eigenvalue weighted by Crippen LogP contribution is 2.29. The molecule has 1 fully saturated rings. The summed E-state index contributed by atoms with van der Waals surface area (Å²) < 4.78 is 57.8. The standard InChI is InChI=1S/C17H17F4N3O2/c1-23-14(10-15(22-23)17(19,20)21)16(25)24-8-6-13(7-9-24)26-12-4-2-11(18)3-5-12/h2-5,10,13H,6-9H2,1H3. The number of halogens is 4. The summed E-state index contributed by atoms with van der Waals surface area (Å²) in [5.74, 6) is -0.305. The molecule has 0 saturated carbocycles. The van der Waals surface area contributed by atoms with E-state index in [-0.39, 0.29) is 17.6 Å². The van der Waals surface area contributed by atoms with Crippen LogP contribution in [0.1, 0.15) is 29.0 Å². The zero-order chi connectivity index (χ0) is 18.9. The van der Waals surface area contributed by atoms with Gasteiger partial charge in [0.1, 0.15) is 23.4 Å². The van der Waals surface area contributed by atoms with Crippen molar-refractivity contribution < 1.29 is 27.1 Å². The monoisotopic (exact) mass is 371 g/mol. The van der Waals surface area contributed by atoms with Crippen LogP contribution in [-0.4, -0.2) is 39.8 Å². The summed E-state index contributed by atoms with van der Waals surface area (Å²) in [7, 11) is 1.31. The molecule has 0 spiro atoms. The minimum atomic E-state index is -4.59. The molecule has 0 aliphatic carbocycles. The van der Waals surface area contributed by atoms with E-state index in [0.717, 1.165) is 10.7 Å². The number of aryl methyl sites for hydroxylation is 1. The SMILES string of the molecule is Cn1nc(C(F)(F)F)cc1C(=O)N1CCC(Oc2ccc(F)cc2)CC1. The molecular formula is C17H17F4N3O2. The Morgan fingerprint density at radius 3 is 2.35 bits per heavy atom. The molecule has 1 aromatic carbocycles. The molecular weight excluding hydrogens is 354 g/mol. The van der Waals surface area contributed by atoms with Gasteiger partial charge >= 0.3 is 6.18 Å². The lowest BCUT2D eigenvalue weighted by atomic mass is 10.1. The number of piperidine rings is 1. The molecule has 1 aliphatic rings. The van der Waals surface area contributed by atoms with Gasteiger partial charge in [0.05, 0.1) is 0 Å². The van der Waals surface area contributed by atoms with Crippen molar-refractivity contribution in [1.29, 1.82) is 0 Å².